The van der Waals surface area contributed by atoms with Crippen molar-refractivity contribution >= 4 is 16.9 Å². The molecule has 0 bridgehead atoms. The van der Waals surface area contributed by atoms with E-state index in [4.69, 9.17) is 4.74 Å². The lowest BCUT2D eigenvalue weighted by Crippen LogP contribution is -2.09. The normalized spacial score (nSPS) is 17.9. The van der Waals surface area contributed by atoms with E-state index in [9.17, 15) is 0 Å². The number of ether oxygens (including phenoxy) is 1. The van der Waals surface area contributed by atoms with Gasteiger partial charge in [0, 0.05) is 6.61 Å². The molecule has 1 aromatic carbocycles. The molecule has 7 heteroatoms. The van der Waals surface area contributed by atoms with Gasteiger partial charge in [0.1, 0.15) is 11.5 Å². The molecule has 1 atom stereocenters. The molecule has 1 aliphatic rings. The topological polar surface area (TPSA) is 77.8 Å². The Hall–Kier alpha value is -2.54. The van der Waals surface area contributed by atoms with E-state index in [1.807, 2.05) is 35.1 Å². The molecule has 112 valence electrons. The first-order valence-corrected chi connectivity index (χ1v) is 7.32. The maximum Gasteiger partial charge on any atom is 0.145 e. The first kappa shape index (κ1) is 13.1. The number of nitrogens with zero attached hydrogens (tertiary/aromatic N) is 5. The summed E-state index contributed by atoms with van der Waals surface area (Å²) in [6.07, 6.45) is 4.69. The van der Waals surface area contributed by atoms with E-state index in [2.05, 4.69) is 25.6 Å². The third kappa shape index (κ3) is 2.62. The third-order valence-electron chi connectivity index (χ3n) is 3.74. The number of para-hydroxylation sites is 2. The lowest BCUT2D eigenvalue weighted by atomic mass is 10.3. The van der Waals surface area contributed by atoms with Gasteiger partial charge in [-0.2, -0.15) is 0 Å². The van der Waals surface area contributed by atoms with Crippen LogP contribution in [0.5, 0.6) is 0 Å². The van der Waals surface area contributed by atoms with Crippen LogP contribution < -0.4 is 5.32 Å². The van der Waals surface area contributed by atoms with Gasteiger partial charge in [0.05, 0.1) is 42.6 Å². The molecule has 3 aromatic rings. The summed E-state index contributed by atoms with van der Waals surface area (Å²) in [6, 6.07) is 8.11. The molecular weight excluding hydrogens is 280 g/mol. The second-order valence-corrected chi connectivity index (χ2v) is 5.30. The molecule has 3 heterocycles. The molecule has 7 nitrogen and oxygen atoms in total. The number of nitrogens with one attached hydrogen (secondary N) is 1. The van der Waals surface area contributed by atoms with Crippen molar-refractivity contribution in [2.24, 2.45) is 0 Å². The minimum atomic E-state index is 0.307. The van der Waals surface area contributed by atoms with E-state index < -0.39 is 0 Å². The average molecular weight is 296 g/mol. The molecule has 1 fully saturated rings. The summed E-state index contributed by atoms with van der Waals surface area (Å²) < 4.78 is 7.25. The molecule has 0 saturated carbocycles. The van der Waals surface area contributed by atoms with Gasteiger partial charge in [-0.1, -0.05) is 17.3 Å². The van der Waals surface area contributed by atoms with Gasteiger partial charge < -0.3 is 10.1 Å². The van der Waals surface area contributed by atoms with E-state index >= 15 is 0 Å². The smallest absolute Gasteiger partial charge is 0.145 e. The van der Waals surface area contributed by atoms with Gasteiger partial charge in [-0.3, -0.25) is 4.98 Å². The monoisotopic (exact) mass is 296 g/mol. The van der Waals surface area contributed by atoms with Crippen molar-refractivity contribution in [2.75, 3.05) is 18.5 Å². The van der Waals surface area contributed by atoms with Gasteiger partial charge in [0.25, 0.3) is 0 Å². The van der Waals surface area contributed by atoms with Gasteiger partial charge in [-0.25, -0.2) is 9.67 Å². The summed E-state index contributed by atoms with van der Waals surface area (Å²) in [5.41, 5.74) is 2.64. The first-order valence-electron chi connectivity index (χ1n) is 7.32. The van der Waals surface area contributed by atoms with Gasteiger partial charge in [-0.15, -0.1) is 5.10 Å². The van der Waals surface area contributed by atoms with Gasteiger partial charge >= 0.3 is 0 Å². The van der Waals surface area contributed by atoms with Gasteiger partial charge in [-0.05, 0) is 18.6 Å². The fourth-order valence-corrected chi connectivity index (χ4v) is 2.53. The van der Waals surface area contributed by atoms with Crippen LogP contribution >= 0.6 is 0 Å². The number of fused-ring (bicyclic) bond motifs is 1. The fraction of sp³-hybridized carbons (Fsp3) is 0.333. The maximum absolute atomic E-state index is 5.37. The van der Waals surface area contributed by atoms with Crippen LogP contribution in [-0.2, 0) is 11.3 Å². The zero-order chi connectivity index (χ0) is 14.8. The Morgan fingerprint density at radius 3 is 3.05 bits per heavy atom. The van der Waals surface area contributed by atoms with Crippen molar-refractivity contribution in [1.82, 2.24) is 25.0 Å². The van der Waals surface area contributed by atoms with Crippen molar-refractivity contribution < 1.29 is 4.74 Å². The molecule has 0 aliphatic carbocycles. The second kappa shape index (κ2) is 5.69. The predicted octanol–water partition coefficient (Wildman–Crippen LogP) is 1.79. The van der Waals surface area contributed by atoms with Crippen LogP contribution in [0.4, 0.5) is 5.82 Å². The summed E-state index contributed by atoms with van der Waals surface area (Å²) >= 11 is 0. The van der Waals surface area contributed by atoms with Crippen molar-refractivity contribution in [2.45, 2.75) is 19.0 Å². The molecule has 1 N–H and O–H groups in total. The second-order valence-electron chi connectivity index (χ2n) is 5.30. The molecule has 1 unspecified atom stereocenters. The van der Waals surface area contributed by atoms with E-state index in [1.165, 1.54) is 0 Å². The molecule has 0 spiro atoms. The maximum atomic E-state index is 5.37. The third-order valence-corrected chi connectivity index (χ3v) is 3.74. The van der Waals surface area contributed by atoms with Crippen molar-refractivity contribution in [1.29, 1.82) is 0 Å². The van der Waals surface area contributed by atoms with Crippen LogP contribution in [-0.4, -0.2) is 38.2 Å². The largest absolute Gasteiger partial charge is 0.379 e. The molecule has 0 radical (unpaired) electrons. The Balaban J connectivity index is 1.44. The number of anilines is 1. The Morgan fingerprint density at radius 1 is 1.27 bits per heavy atom. The Bertz CT molecular complexity index is 780. The highest BCUT2D eigenvalue weighted by Crippen LogP contribution is 2.17. The summed E-state index contributed by atoms with van der Waals surface area (Å²) in [5.74, 6) is 0.734. The number of rotatable bonds is 4. The standard InChI is InChI=1S/C15H16N6O/c1-2-4-14-13(3-1)16-8-15(18-14)17-7-11-9-21(20-19-11)12-5-6-22-10-12/h1-4,8-9,12H,5-7,10H2,(H,17,18). The first-order chi connectivity index (χ1) is 10.9. The van der Waals surface area contributed by atoms with E-state index in [1.54, 1.807) is 6.20 Å². The molecule has 4 rings (SSSR count). The number of aromatic nitrogens is 5. The molecular formula is C15H16N6O. The number of hydrogen-bond donors (Lipinski definition) is 1. The fourth-order valence-electron chi connectivity index (χ4n) is 2.53. The molecule has 22 heavy (non-hydrogen) atoms. The highest BCUT2D eigenvalue weighted by atomic mass is 16.5. The summed E-state index contributed by atoms with van der Waals surface area (Å²) in [4.78, 5) is 8.90. The molecule has 1 saturated heterocycles. The van der Waals surface area contributed by atoms with Crippen LogP contribution in [0.15, 0.2) is 36.7 Å². The van der Waals surface area contributed by atoms with Gasteiger partial charge in [0.15, 0.2) is 0 Å². The van der Waals surface area contributed by atoms with E-state index in [0.717, 1.165) is 35.6 Å². The van der Waals surface area contributed by atoms with Crippen molar-refractivity contribution in [3.05, 3.63) is 42.4 Å². The quantitative estimate of drug-likeness (QED) is 0.791. The van der Waals surface area contributed by atoms with Gasteiger partial charge in [0.2, 0.25) is 0 Å². The van der Waals surface area contributed by atoms with Crippen LogP contribution in [0.2, 0.25) is 0 Å². The summed E-state index contributed by atoms with van der Waals surface area (Å²) in [6.45, 7) is 2.08. The Labute approximate surface area is 127 Å². The molecule has 0 amide bonds. The van der Waals surface area contributed by atoms with Crippen LogP contribution in [0.3, 0.4) is 0 Å². The summed E-state index contributed by atoms with van der Waals surface area (Å²) in [5, 5.41) is 11.6. The SMILES string of the molecule is c1ccc2nc(NCc3cn(C4CCOC4)nn3)cnc2c1. The number of benzene rings is 1. The van der Waals surface area contributed by atoms with Crippen LogP contribution in [0, 0.1) is 0 Å². The van der Waals surface area contributed by atoms with E-state index in [0.29, 0.717) is 19.2 Å². The highest BCUT2D eigenvalue weighted by Gasteiger charge is 2.18. The lowest BCUT2D eigenvalue weighted by Gasteiger charge is -2.05. The Morgan fingerprint density at radius 2 is 2.18 bits per heavy atom. The summed E-state index contributed by atoms with van der Waals surface area (Å²) in [7, 11) is 0. The molecule has 2 aromatic heterocycles. The minimum Gasteiger partial charge on any atom is -0.379 e. The predicted molar refractivity (Wildman–Crippen MR) is 81.4 cm³/mol. The van der Waals surface area contributed by atoms with Crippen LogP contribution in [0.25, 0.3) is 11.0 Å². The average Bonchev–Trinajstić information content (AvgIpc) is 3.24. The highest BCUT2D eigenvalue weighted by molar-refractivity contribution is 5.75. The number of hydrogen-bond acceptors (Lipinski definition) is 6. The van der Waals surface area contributed by atoms with E-state index in [-0.39, 0.29) is 0 Å². The molecule has 1 aliphatic heterocycles. The lowest BCUT2D eigenvalue weighted by molar-refractivity contribution is 0.184. The minimum absolute atomic E-state index is 0.307. The zero-order valence-corrected chi connectivity index (χ0v) is 12.0. The Kier molecular flexibility index (Phi) is 3.40. The van der Waals surface area contributed by atoms with Crippen molar-refractivity contribution in [3.8, 4) is 0 Å². The van der Waals surface area contributed by atoms with Crippen LogP contribution in [0.1, 0.15) is 18.2 Å². The van der Waals surface area contributed by atoms with Crippen molar-refractivity contribution in [3.63, 3.8) is 0 Å². The zero-order valence-electron chi connectivity index (χ0n) is 12.0.